The van der Waals surface area contributed by atoms with Crippen molar-refractivity contribution in [3.63, 3.8) is 0 Å². The van der Waals surface area contributed by atoms with E-state index in [1.807, 2.05) is 6.92 Å². The molecule has 0 fully saturated rings. The Balaban J connectivity index is 2.39. The molecule has 1 aromatic rings. The topological polar surface area (TPSA) is 80.9 Å². The van der Waals surface area contributed by atoms with E-state index in [9.17, 15) is 4.79 Å². The van der Waals surface area contributed by atoms with E-state index in [0.29, 0.717) is 6.54 Å². The van der Waals surface area contributed by atoms with E-state index < -0.39 is 6.04 Å². The Labute approximate surface area is 80.4 Å². The number of hydrogen-bond acceptors (Lipinski definition) is 5. The normalized spacial score (nSPS) is 12.5. The Morgan fingerprint density at radius 3 is 2.85 bits per heavy atom. The molecule has 0 saturated heterocycles. The number of nitrogens with one attached hydrogen (secondary N) is 1. The molecule has 1 atom stereocenters. The van der Waals surface area contributed by atoms with Gasteiger partial charge in [0.1, 0.15) is 10.0 Å². The Kier molecular flexibility index (Phi) is 3.32. The van der Waals surface area contributed by atoms with E-state index in [-0.39, 0.29) is 5.91 Å². The summed E-state index contributed by atoms with van der Waals surface area (Å²) >= 11 is 1.46. The van der Waals surface area contributed by atoms with Crippen LogP contribution < -0.4 is 11.1 Å². The van der Waals surface area contributed by atoms with E-state index in [1.165, 1.54) is 11.3 Å². The lowest BCUT2D eigenvalue weighted by Crippen LogP contribution is -2.37. The van der Waals surface area contributed by atoms with Crippen LogP contribution in [0.5, 0.6) is 0 Å². The first kappa shape index (κ1) is 10.1. The van der Waals surface area contributed by atoms with Gasteiger partial charge in [-0.15, -0.1) is 10.2 Å². The van der Waals surface area contributed by atoms with Crippen molar-refractivity contribution in [2.24, 2.45) is 5.73 Å². The number of aromatic nitrogens is 2. The number of nitrogens with two attached hydrogens (primary N) is 1. The molecular weight excluding hydrogens is 188 g/mol. The van der Waals surface area contributed by atoms with Crippen molar-refractivity contribution in [1.82, 2.24) is 15.5 Å². The van der Waals surface area contributed by atoms with Gasteiger partial charge in [-0.25, -0.2) is 0 Å². The highest BCUT2D eigenvalue weighted by Gasteiger charge is 2.07. The lowest BCUT2D eigenvalue weighted by atomic mass is 10.3. The van der Waals surface area contributed by atoms with Crippen LogP contribution in [0.15, 0.2) is 0 Å². The highest BCUT2D eigenvalue weighted by Crippen LogP contribution is 2.06. The van der Waals surface area contributed by atoms with Gasteiger partial charge < -0.3 is 11.1 Å². The zero-order chi connectivity index (χ0) is 9.84. The SMILES string of the molecule is Cc1nnc(CNC(=O)[C@@H](C)N)s1. The summed E-state index contributed by atoms with van der Waals surface area (Å²) in [4.78, 5) is 11.0. The molecule has 1 aromatic heterocycles. The average Bonchev–Trinajstić information content (AvgIpc) is 2.47. The molecule has 0 spiro atoms. The molecule has 0 aromatic carbocycles. The second kappa shape index (κ2) is 4.29. The van der Waals surface area contributed by atoms with E-state index in [2.05, 4.69) is 15.5 Å². The summed E-state index contributed by atoms with van der Waals surface area (Å²) in [6.45, 7) is 3.92. The Hall–Kier alpha value is -1.01. The van der Waals surface area contributed by atoms with E-state index in [1.54, 1.807) is 6.92 Å². The molecule has 3 N–H and O–H groups in total. The third kappa shape index (κ3) is 3.08. The fourth-order valence-corrected chi connectivity index (χ4v) is 1.38. The fourth-order valence-electron chi connectivity index (χ4n) is 0.733. The van der Waals surface area contributed by atoms with E-state index in [4.69, 9.17) is 5.73 Å². The summed E-state index contributed by atoms with van der Waals surface area (Å²) in [6, 6.07) is -0.478. The molecule has 1 amide bonds. The molecule has 6 heteroatoms. The minimum atomic E-state index is -0.478. The minimum Gasteiger partial charge on any atom is -0.348 e. The highest BCUT2D eigenvalue weighted by atomic mass is 32.1. The molecule has 13 heavy (non-hydrogen) atoms. The van der Waals surface area contributed by atoms with Crippen LogP contribution in [0.25, 0.3) is 0 Å². The van der Waals surface area contributed by atoms with Crippen molar-refractivity contribution in [1.29, 1.82) is 0 Å². The van der Waals surface area contributed by atoms with Crippen molar-refractivity contribution in [2.45, 2.75) is 26.4 Å². The van der Waals surface area contributed by atoms with Gasteiger partial charge in [0.25, 0.3) is 0 Å². The largest absolute Gasteiger partial charge is 0.348 e. The van der Waals surface area contributed by atoms with Crippen LogP contribution >= 0.6 is 11.3 Å². The minimum absolute atomic E-state index is 0.173. The van der Waals surface area contributed by atoms with E-state index >= 15 is 0 Å². The lowest BCUT2D eigenvalue weighted by molar-refractivity contribution is -0.122. The van der Waals surface area contributed by atoms with Crippen LogP contribution in [-0.4, -0.2) is 22.1 Å². The van der Waals surface area contributed by atoms with Gasteiger partial charge in [0.15, 0.2) is 0 Å². The molecule has 0 bridgehead atoms. The number of carbonyl (C=O) groups is 1. The van der Waals surface area contributed by atoms with E-state index in [0.717, 1.165) is 10.0 Å². The van der Waals surface area contributed by atoms with Crippen LogP contribution in [-0.2, 0) is 11.3 Å². The summed E-state index contributed by atoms with van der Waals surface area (Å²) in [5.41, 5.74) is 5.36. The number of nitrogens with zero attached hydrogens (tertiary/aromatic N) is 2. The van der Waals surface area contributed by atoms with Crippen LogP contribution in [0.1, 0.15) is 16.9 Å². The Morgan fingerprint density at radius 2 is 2.38 bits per heavy atom. The summed E-state index contributed by atoms with van der Waals surface area (Å²) in [7, 11) is 0. The maximum absolute atomic E-state index is 11.0. The molecule has 72 valence electrons. The summed E-state index contributed by atoms with van der Waals surface area (Å²) < 4.78 is 0. The average molecular weight is 200 g/mol. The maximum Gasteiger partial charge on any atom is 0.236 e. The molecule has 0 unspecified atom stereocenters. The monoisotopic (exact) mass is 200 g/mol. The van der Waals surface area contributed by atoms with Crippen LogP contribution in [0.2, 0.25) is 0 Å². The first-order valence-electron chi connectivity index (χ1n) is 3.92. The van der Waals surface area contributed by atoms with Gasteiger partial charge in [-0.3, -0.25) is 4.79 Å². The number of amides is 1. The fraction of sp³-hybridized carbons (Fsp3) is 0.571. The second-order valence-corrected chi connectivity index (χ2v) is 3.99. The lowest BCUT2D eigenvalue weighted by Gasteiger charge is -2.04. The smallest absolute Gasteiger partial charge is 0.236 e. The summed E-state index contributed by atoms with van der Waals surface area (Å²) in [5.74, 6) is -0.173. The number of aryl methyl sites for hydroxylation is 1. The van der Waals surface area contributed by atoms with Crippen LogP contribution in [0.4, 0.5) is 0 Å². The quantitative estimate of drug-likeness (QED) is 0.708. The molecule has 0 aliphatic carbocycles. The Bertz CT molecular complexity index is 296. The van der Waals surface area contributed by atoms with Crippen molar-refractivity contribution >= 4 is 17.2 Å². The van der Waals surface area contributed by atoms with Crippen LogP contribution in [0, 0.1) is 6.92 Å². The predicted octanol–water partition coefficient (Wildman–Crippen LogP) is -0.190. The molecule has 1 rings (SSSR count). The van der Waals surface area contributed by atoms with Gasteiger partial charge in [-0.05, 0) is 13.8 Å². The first-order chi connectivity index (χ1) is 6.09. The molecule has 0 aliphatic rings. The maximum atomic E-state index is 11.0. The molecular formula is C7H12N4OS. The summed E-state index contributed by atoms with van der Waals surface area (Å²) in [5, 5.41) is 12.0. The molecule has 0 aliphatic heterocycles. The first-order valence-corrected chi connectivity index (χ1v) is 4.73. The molecule has 5 nitrogen and oxygen atoms in total. The second-order valence-electron chi connectivity index (χ2n) is 2.72. The zero-order valence-electron chi connectivity index (χ0n) is 7.57. The van der Waals surface area contributed by atoms with Gasteiger partial charge in [0, 0.05) is 0 Å². The summed E-state index contributed by atoms with van der Waals surface area (Å²) in [6.07, 6.45) is 0. The van der Waals surface area contributed by atoms with Gasteiger partial charge >= 0.3 is 0 Å². The van der Waals surface area contributed by atoms with Crippen molar-refractivity contribution < 1.29 is 4.79 Å². The van der Waals surface area contributed by atoms with Crippen molar-refractivity contribution in [2.75, 3.05) is 0 Å². The van der Waals surface area contributed by atoms with Gasteiger partial charge in [0.2, 0.25) is 5.91 Å². The van der Waals surface area contributed by atoms with Gasteiger partial charge in [-0.1, -0.05) is 11.3 Å². The van der Waals surface area contributed by atoms with Crippen molar-refractivity contribution in [3.8, 4) is 0 Å². The standard InChI is InChI=1S/C7H12N4OS/c1-4(8)7(12)9-3-6-11-10-5(2)13-6/h4H,3,8H2,1-2H3,(H,9,12)/t4-/m1/s1. The number of carbonyl (C=O) groups excluding carboxylic acids is 1. The third-order valence-electron chi connectivity index (χ3n) is 1.40. The molecule has 1 heterocycles. The van der Waals surface area contributed by atoms with Gasteiger partial charge in [-0.2, -0.15) is 0 Å². The van der Waals surface area contributed by atoms with Gasteiger partial charge in [0.05, 0.1) is 12.6 Å². The predicted molar refractivity (Wildman–Crippen MR) is 50.1 cm³/mol. The zero-order valence-corrected chi connectivity index (χ0v) is 8.39. The van der Waals surface area contributed by atoms with Crippen molar-refractivity contribution in [3.05, 3.63) is 10.0 Å². The molecule has 0 radical (unpaired) electrons. The Morgan fingerprint density at radius 1 is 1.69 bits per heavy atom. The van der Waals surface area contributed by atoms with Crippen LogP contribution in [0.3, 0.4) is 0 Å². The molecule has 0 saturated carbocycles. The number of hydrogen-bond donors (Lipinski definition) is 2. The third-order valence-corrected chi connectivity index (χ3v) is 2.23. The number of rotatable bonds is 3. The highest BCUT2D eigenvalue weighted by molar-refractivity contribution is 7.11.